The molecule has 1 heterocycles. The molecule has 2 aliphatic rings. The molecule has 0 aromatic heterocycles. The largest absolute Gasteiger partial charge is 0.371 e. The van der Waals surface area contributed by atoms with Gasteiger partial charge in [0.05, 0.1) is 10.5 Å². The maximum atomic E-state index is 13.4. The number of hydrogen-bond donors (Lipinski definition) is 2. The molecule has 36 heavy (non-hydrogen) atoms. The number of amides is 2. The molecule has 190 valence electrons. The number of benzene rings is 2. The molecule has 2 amide bonds. The Bertz CT molecular complexity index is 1110. The van der Waals surface area contributed by atoms with Crippen molar-refractivity contribution in [1.82, 2.24) is 5.32 Å². The fourth-order valence-corrected chi connectivity index (χ4v) is 4.89. The van der Waals surface area contributed by atoms with E-state index in [-0.39, 0.29) is 23.5 Å². The summed E-state index contributed by atoms with van der Waals surface area (Å²) in [4.78, 5) is 38.5. The van der Waals surface area contributed by atoms with Crippen LogP contribution in [0.25, 0.3) is 6.08 Å². The summed E-state index contributed by atoms with van der Waals surface area (Å²) in [6.45, 7) is 4.08. The van der Waals surface area contributed by atoms with E-state index >= 15 is 0 Å². The second-order valence-corrected chi connectivity index (χ2v) is 9.88. The zero-order chi connectivity index (χ0) is 25.5. The Labute approximate surface area is 211 Å². The van der Waals surface area contributed by atoms with Crippen LogP contribution < -0.4 is 15.5 Å². The molecule has 8 heteroatoms. The smallest absolute Gasteiger partial charge is 0.269 e. The van der Waals surface area contributed by atoms with Gasteiger partial charge in [-0.2, -0.15) is 0 Å². The first kappa shape index (κ1) is 25.4. The van der Waals surface area contributed by atoms with E-state index in [0.29, 0.717) is 22.7 Å². The molecule has 2 fully saturated rings. The van der Waals surface area contributed by atoms with Gasteiger partial charge in [0.15, 0.2) is 0 Å². The highest BCUT2D eigenvalue weighted by Gasteiger charge is 2.24. The Morgan fingerprint density at radius 3 is 2.36 bits per heavy atom. The number of carbonyl (C=O) groups is 2. The van der Waals surface area contributed by atoms with Crippen molar-refractivity contribution >= 4 is 35.0 Å². The minimum absolute atomic E-state index is 0.00103. The SMILES string of the molecule is CC1CCN(c2ccc(NC(=O)/C=C/c3ccc([N+](=O)[O-])cc3)cc2C(=O)NC2CCCCC2)CC1. The van der Waals surface area contributed by atoms with Gasteiger partial charge < -0.3 is 15.5 Å². The van der Waals surface area contributed by atoms with Crippen LogP contribution in [-0.2, 0) is 4.79 Å². The Kier molecular flexibility index (Phi) is 8.36. The van der Waals surface area contributed by atoms with Gasteiger partial charge in [-0.25, -0.2) is 0 Å². The van der Waals surface area contributed by atoms with Crippen LogP contribution in [0.2, 0.25) is 0 Å². The Balaban J connectivity index is 1.49. The zero-order valence-corrected chi connectivity index (χ0v) is 20.7. The average molecular weight is 491 g/mol. The molecular weight excluding hydrogens is 456 g/mol. The van der Waals surface area contributed by atoms with Gasteiger partial charge in [0.2, 0.25) is 5.91 Å². The molecule has 4 rings (SSSR count). The van der Waals surface area contributed by atoms with Crippen LogP contribution in [0.3, 0.4) is 0 Å². The molecule has 1 saturated heterocycles. The lowest BCUT2D eigenvalue weighted by molar-refractivity contribution is -0.384. The topological polar surface area (TPSA) is 105 Å². The number of nitro benzene ring substituents is 1. The molecule has 0 atom stereocenters. The first-order valence-electron chi connectivity index (χ1n) is 12.8. The molecule has 2 aromatic carbocycles. The highest BCUT2D eigenvalue weighted by Crippen LogP contribution is 2.29. The van der Waals surface area contributed by atoms with E-state index in [1.54, 1.807) is 24.3 Å². The second kappa shape index (κ2) is 11.8. The molecule has 2 aromatic rings. The number of non-ortho nitro benzene ring substituents is 1. The zero-order valence-electron chi connectivity index (χ0n) is 20.7. The molecule has 2 N–H and O–H groups in total. The first-order chi connectivity index (χ1) is 17.4. The van der Waals surface area contributed by atoms with E-state index in [0.717, 1.165) is 57.3 Å². The van der Waals surface area contributed by atoms with Crippen LogP contribution in [0, 0.1) is 16.0 Å². The molecule has 1 aliphatic carbocycles. The molecule has 1 aliphatic heterocycles. The van der Waals surface area contributed by atoms with E-state index in [4.69, 9.17) is 0 Å². The second-order valence-electron chi connectivity index (χ2n) is 9.88. The molecule has 0 unspecified atom stereocenters. The van der Waals surface area contributed by atoms with Crippen LogP contribution in [-0.4, -0.2) is 35.9 Å². The minimum Gasteiger partial charge on any atom is -0.371 e. The number of hydrogen-bond acceptors (Lipinski definition) is 5. The third-order valence-corrected chi connectivity index (χ3v) is 7.10. The van der Waals surface area contributed by atoms with Crippen molar-refractivity contribution in [2.75, 3.05) is 23.3 Å². The predicted molar refractivity (Wildman–Crippen MR) is 142 cm³/mol. The maximum Gasteiger partial charge on any atom is 0.269 e. The molecular formula is C28H34N4O4. The van der Waals surface area contributed by atoms with Crippen LogP contribution in [0.4, 0.5) is 17.1 Å². The first-order valence-corrected chi connectivity index (χ1v) is 12.8. The van der Waals surface area contributed by atoms with Gasteiger partial charge in [-0.05, 0) is 73.6 Å². The summed E-state index contributed by atoms with van der Waals surface area (Å²) in [5, 5.41) is 16.9. The summed E-state index contributed by atoms with van der Waals surface area (Å²) >= 11 is 0. The predicted octanol–water partition coefficient (Wildman–Crippen LogP) is 5.55. The van der Waals surface area contributed by atoms with E-state index in [9.17, 15) is 19.7 Å². The standard InChI is InChI=1S/C28H34N4O4/c1-20-15-17-31(18-16-20)26-13-10-23(19-25(26)28(34)30-22-5-3-2-4-6-22)29-27(33)14-9-21-7-11-24(12-8-21)32(35)36/h7-14,19-20,22H,2-6,15-18H2,1H3,(H,29,33)(H,30,34)/b14-9+. The van der Waals surface area contributed by atoms with E-state index < -0.39 is 4.92 Å². The Morgan fingerprint density at radius 2 is 1.69 bits per heavy atom. The monoisotopic (exact) mass is 490 g/mol. The number of nitrogens with one attached hydrogen (secondary N) is 2. The molecule has 0 bridgehead atoms. The van der Waals surface area contributed by atoms with Crippen molar-refractivity contribution in [3.05, 3.63) is 69.8 Å². The maximum absolute atomic E-state index is 13.4. The van der Waals surface area contributed by atoms with Crippen molar-refractivity contribution < 1.29 is 14.5 Å². The quantitative estimate of drug-likeness (QED) is 0.301. The van der Waals surface area contributed by atoms with Gasteiger partial charge >= 0.3 is 0 Å². The third-order valence-electron chi connectivity index (χ3n) is 7.10. The highest BCUT2D eigenvalue weighted by atomic mass is 16.6. The van der Waals surface area contributed by atoms with E-state index in [1.807, 2.05) is 12.1 Å². The van der Waals surface area contributed by atoms with Crippen molar-refractivity contribution in [3.63, 3.8) is 0 Å². The normalized spacial score (nSPS) is 17.2. The molecule has 0 radical (unpaired) electrons. The van der Waals surface area contributed by atoms with Gasteiger partial charge in [-0.1, -0.05) is 26.2 Å². The van der Waals surface area contributed by atoms with Crippen molar-refractivity contribution in [1.29, 1.82) is 0 Å². The Hall–Kier alpha value is -3.68. The Morgan fingerprint density at radius 1 is 1.00 bits per heavy atom. The third kappa shape index (κ3) is 6.71. The minimum atomic E-state index is -0.462. The van der Waals surface area contributed by atoms with Crippen molar-refractivity contribution in [2.45, 2.75) is 57.9 Å². The summed E-state index contributed by atoms with van der Waals surface area (Å²) in [6, 6.07) is 11.7. The molecule has 8 nitrogen and oxygen atoms in total. The fraction of sp³-hybridized carbons (Fsp3) is 0.429. The van der Waals surface area contributed by atoms with Crippen LogP contribution in [0.15, 0.2) is 48.5 Å². The van der Waals surface area contributed by atoms with Crippen molar-refractivity contribution in [2.24, 2.45) is 5.92 Å². The summed E-state index contributed by atoms with van der Waals surface area (Å²) < 4.78 is 0. The number of nitro groups is 1. The van der Waals surface area contributed by atoms with Gasteiger partial charge in [0.25, 0.3) is 11.6 Å². The summed E-state index contributed by atoms with van der Waals surface area (Å²) in [5.41, 5.74) is 2.73. The van der Waals surface area contributed by atoms with Crippen molar-refractivity contribution in [3.8, 4) is 0 Å². The number of carbonyl (C=O) groups excluding carboxylic acids is 2. The number of rotatable bonds is 7. The van der Waals surface area contributed by atoms with Gasteiger partial charge in [0.1, 0.15) is 0 Å². The van der Waals surface area contributed by atoms with Crippen LogP contribution in [0.5, 0.6) is 0 Å². The summed E-state index contributed by atoms with van der Waals surface area (Å²) in [7, 11) is 0. The number of piperidine rings is 1. The van der Waals surface area contributed by atoms with E-state index in [1.165, 1.54) is 24.6 Å². The van der Waals surface area contributed by atoms with Gasteiger partial charge in [-0.15, -0.1) is 0 Å². The summed E-state index contributed by atoms with van der Waals surface area (Å²) in [6.07, 6.45) is 10.7. The molecule has 0 spiro atoms. The number of nitrogens with zero attached hydrogens (tertiary/aromatic N) is 2. The lowest BCUT2D eigenvalue weighted by Crippen LogP contribution is -2.38. The average Bonchev–Trinajstić information content (AvgIpc) is 2.89. The van der Waals surface area contributed by atoms with Gasteiger partial charge in [0, 0.05) is 48.7 Å². The van der Waals surface area contributed by atoms with E-state index in [2.05, 4.69) is 22.5 Å². The van der Waals surface area contributed by atoms with Crippen LogP contribution in [0.1, 0.15) is 67.8 Å². The lowest BCUT2D eigenvalue weighted by Gasteiger charge is -2.33. The fourth-order valence-electron chi connectivity index (χ4n) is 4.89. The molecule has 1 saturated carbocycles. The van der Waals surface area contributed by atoms with Gasteiger partial charge in [-0.3, -0.25) is 19.7 Å². The summed E-state index contributed by atoms with van der Waals surface area (Å²) in [5.74, 6) is 0.251. The highest BCUT2D eigenvalue weighted by molar-refractivity contribution is 6.05. The lowest BCUT2D eigenvalue weighted by atomic mass is 9.95. The van der Waals surface area contributed by atoms with Crippen LogP contribution >= 0.6 is 0 Å². The number of anilines is 2.